The van der Waals surface area contributed by atoms with Gasteiger partial charge in [-0.3, -0.25) is 0 Å². The summed E-state index contributed by atoms with van der Waals surface area (Å²) in [6.07, 6.45) is 0.903. The Hall–Kier alpha value is -0.310. The fourth-order valence-electron chi connectivity index (χ4n) is 1.59. The Bertz CT molecular complexity index is 465. The summed E-state index contributed by atoms with van der Waals surface area (Å²) in [5, 5.41) is 2.15. The highest BCUT2D eigenvalue weighted by molar-refractivity contribution is 9.10. The molecular formula is C13H12BrClS. The SMILES string of the molecule is Cc1cc(C(Cl)Cc2cccs2)ccc1Br. The van der Waals surface area contributed by atoms with Gasteiger partial charge in [0.1, 0.15) is 0 Å². The molecule has 1 atom stereocenters. The lowest BCUT2D eigenvalue weighted by Gasteiger charge is -2.10. The molecule has 1 aromatic carbocycles. The van der Waals surface area contributed by atoms with Gasteiger partial charge in [0.2, 0.25) is 0 Å². The quantitative estimate of drug-likeness (QED) is 0.670. The first-order valence-corrected chi connectivity index (χ1v) is 7.20. The molecule has 0 aliphatic heterocycles. The summed E-state index contributed by atoms with van der Waals surface area (Å²) < 4.78 is 1.14. The minimum Gasteiger partial charge on any atom is -0.149 e. The van der Waals surface area contributed by atoms with Crippen LogP contribution in [0.25, 0.3) is 0 Å². The zero-order valence-electron chi connectivity index (χ0n) is 8.91. The normalized spacial score (nSPS) is 12.7. The van der Waals surface area contributed by atoms with Crippen LogP contribution in [0.15, 0.2) is 40.2 Å². The molecule has 1 unspecified atom stereocenters. The van der Waals surface area contributed by atoms with Crippen LogP contribution < -0.4 is 0 Å². The summed E-state index contributed by atoms with van der Waals surface area (Å²) in [6.45, 7) is 2.09. The van der Waals surface area contributed by atoms with E-state index in [9.17, 15) is 0 Å². The first-order valence-electron chi connectivity index (χ1n) is 5.09. The van der Waals surface area contributed by atoms with Gasteiger partial charge in [0, 0.05) is 15.8 Å². The lowest BCUT2D eigenvalue weighted by Crippen LogP contribution is -1.94. The van der Waals surface area contributed by atoms with Crippen LogP contribution in [-0.4, -0.2) is 0 Å². The molecule has 0 fully saturated rings. The predicted octanol–water partition coefficient (Wildman–Crippen LogP) is 5.34. The van der Waals surface area contributed by atoms with Gasteiger partial charge < -0.3 is 0 Å². The van der Waals surface area contributed by atoms with Crippen LogP contribution in [0.1, 0.15) is 21.4 Å². The summed E-state index contributed by atoms with van der Waals surface area (Å²) in [7, 11) is 0. The van der Waals surface area contributed by atoms with E-state index in [-0.39, 0.29) is 5.38 Å². The van der Waals surface area contributed by atoms with Crippen molar-refractivity contribution in [3.8, 4) is 0 Å². The number of rotatable bonds is 3. The fraction of sp³-hybridized carbons (Fsp3) is 0.231. The Kier molecular flexibility index (Phi) is 4.06. The molecule has 0 saturated carbocycles. The second-order valence-corrected chi connectivity index (χ2v) is 6.17. The summed E-state index contributed by atoms with van der Waals surface area (Å²) >= 11 is 11.7. The van der Waals surface area contributed by atoms with E-state index in [4.69, 9.17) is 11.6 Å². The van der Waals surface area contributed by atoms with E-state index in [1.165, 1.54) is 16.0 Å². The molecule has 0 spiro atoms. The topological polar surface area (TPSA) is 0 Å². The first kappa shape index (κ1) is 12.2. The Morgan fingerprint density at radius 3 is 2.81 bits per heavy atom. The molecule has 0 N–H and O–H groups in total. The molecule has 1 heterocycles. The Morgan fingerprint density at radius 2 is 2.19 bits per heavy atom. The summed E-state index contributed by atoms with van der Waals surface area (Å²) in [6, 6.07) is 10.5. The molecule has 0 aliphatic rings. The molecule has 0 saturated heterocycles. The standard InChI is InChI=1S/C13H12BrClS/c1-9-7-10(4-5-12(9)14)13(15)8-11-3-2-6-16-11/h2-7,13H,8H2,1H3. The molecule has 16 heavy (non-hydrogen) atoms. The molecule has 3 heteroatoms. The van der Waals surface area contributed by atoms with Gasteiger partial charge >= 0.3 is 0 Å². The van der Waals surface area contributed by atoms with Crippen molar-refractivity contribution >= 4 is 38.9 Å². The van der Waals surface area contributed by atoms with E-state index in [1.54, 1.807) is 11.3 Å². The average Bonchev–Trinajstić information content (AvgIpc) is 2.74. The van der Waals surface area contributed by atoms with Gasteiger partial charge in [-0.25, -0.2) is 0 Å². The molecule has 0 aliphatic carbocycles. The summed E-state index contributed by atoms with van der Waals surface area (Å²) in [4.78, 5) is 1.33. The molecular weight excluding hydrogens is 304 g/mol. The molecule has 0 nitrogen and oxygen atoms in total. The van der Waals surface area contributed by atoms with Crippen LogP contribution in [0.5, 0.6) is 0 Å². The van der Waals surface area contributed by atoms with Crippen molar-refractivity contribution in [2.24, 2.45) is 0 Å². The maximum absolute atomic E-state index is 6.41. The number of benzene rings is 1. The van der Waals surface area contributed by atoms with E-state index in [0.29, 0.717) is 0 Å². The highest BCUT2D eigenvalue weighted by Crippen LogP contribution is 2.29. The Balaban J connectivity index is 2.14. The van der Waals surface area contributed by atoms with Crippen molar-refractivity contribution in [2.45, 2.75) is 18.7 Å². The molecule has 0 bridgehead atoms. The fourth-order valence-corrected chi connectivity index (χ4v) is 2.98. The molecule has 84 valence electrons. The van der Waals surface area contributed by atoms with Crippen LogP contribution in [-0.2, 0) is 6.42 Å². The number of thiophene rings is 1. The van der Waals surface area contributed by atoms with E-state index < -0.39 is 0 Å². The van der Waals surface area contributed by atoms with Crippen LogP contribution in [0.2, 0.25) is 0 Å². The maximum atomic E-state index is 6.41. The van der Waals surface area contributed by atoms with E-state index in [1.807, 2.05) is 0 Å². The number of aryl methyl sites for hydroxylation is 1. The Morgan fingerprint density at radius 1 is 1.38 bits per heavy atom. The van der Waals surface area contributed by atoms with Crippen LogP contribution in [0, 0.1) is 6.92 Å². The highest BCUT2D eigenvalue weighted by Gasteiger charge is 2.10. The smallest absolute Gasteiger partial charge is 0.0633 e. The van der Waals surface area contributed by atoms with Crippen molar-refractivity contribution in [1.82, 2.24) is 0 Å². The molecule has 1 aromatic heterocycles. The predicted molar refractivity (Wildman–Crippen MR) is 75.5 cm³/mol. The van der Waals surface area contributed by atoms with Gasteiger partial charge in [0.15, 0.2) is 0 Å². The lowest BCUT2D eigenvalue weighted by atomic mass is 10.1. The largest absolute Gasteiger partial charge is 0.149 e. The third-order valence-electron chi connectivity index (χ3n) is 2.50. The number of hydrogen-bond donors (Lipinski definition) is 0. The molecule has 0 amide bonds. The van der Waals surface area contributed by atoms with Crippen LogP contribution >= 0.6 is 38.9 Å². The minimum absolute atomic E-state index is 0.0606. The van der Waals surface area contributed by atoms with Crippen molar-refractivity contribution < 1.29 is 0 Å². The van der Waals surface area contributed by atoms with Crippen LogP contribution in [0.4, 0.5) is 0 Å². The van der Waals surface area contributed by atoms with Crippen molar-refractivity contribution in [3.05, 3.63) is 56.2 Å². The van der Waals surface area contributed by atoms with E-state index >= 15 is 0 Å². The zero-order chi connectivity index (χ0) is 11.5. The number of halogens is 2. The third kappa shape index (κ3) is 2.88. The van der Waals surface area contributed by atoms with Gasteiger partial charge in [0.25, 0.3) is 0 Å². The van der Waals surface area contributed by atoms with Gasteiger partial charge in [-0.15, -0.1) is 22.9 Å². The maximum Gasteiger partial charge on any atom is 0.0633 e. The number of hydrogen-bond acceptors (Lipinski definition) is 1. The van der Waals surface area contributed by atoms with Crippen molar-refractivity contribution in [1.29, 1.82) is 0 Å². The van der Waals surface area contributed by atoms with E-state index in [0.717, 1.165) is 10.9 Å². The van der Waals surface area contributed by atoms with Gasteiger partial charge in [0.05, 0.1) is 5.38 Å². The molecule has 2 rings (SSSR count). The van der Waals surface area contributed by atoms with Gasteiger partial charge in [-0.2, -0.15) is 0 Å². The second-order valence-electron chi connectivity index (χ2n) is 3.76. The van der Waals surface area contributed by atoms with Gasteiger partial charge in [-0.05, 0) is 35.6 Å². The molecule has 0 radical (unpaired) electrons. The van der Waals surface area contributed by atoms with E-state index in [2.05, 4.69) is 58.6 Å². The first-order chi connectivity index (χ1) is 7.66. The zero-order valence-corrected chi connectivity index (χ0v) is 12.1. The van der Waals surface area contributed by atoms with Crippen molar-refractivity contribution in [3.63, 3.8) is 0 Å². The third-order valence-corrected chi connectivity index (χ3v) is 4.70. The second kappa shape index (κ2) is 5.35. The monoisotopic (exact) mass is 314 g/mol. The van der Waals surface area contributed by atoms with Crippen molar-refractivity contribution in [2.75, 3.05) is 0 Å². The highest BCUT2D eigenvalue weighted by atomic mass is 79.9. The summed E-state index contributed by atoms with van der Waals surface area (Å²) in [5.41, 5.74) is 2.42. The Labute approximate surface area is 113 Å². The van der Waals surface area contributed by atoms with Crippen LogP contribution in [0.3, 0.4) is 0 Å². The summed E-state index contributed by atoms with van der Waals surface area (Å²) in [5.74, 6) is 0. The van der Waals surface area contributed by atoms with Gasteiger partial charge in [-0.1, -0.05) is 34.1 Å². The average molecular weight is 316 g/mol. The minimum atomic E-state index is 0.0606. The number of alkyl halides is 1. The molecule has 2 aromatic rings. The lowest BCUT2D eigenvalue weighted by molar-refractivity contribution is 0.935.